The first-order chi connectivity index (χ1) is 17.2. The number of rotatable bonds is 10. The molecular weight excluding hydrogens is 426 g/mol. The minimum absolute atomic E-state index is 0.191. The van der Waals surface area contributed by atoms with E-state index in [9.17, 15) is 4.79 Å². The zero-order valence-corrected chi connectivity index (χ0v) is 21.9. The van der Waals surface area contributed by atoms with Crippen molar-refractivity contribution in [1.82, 2.24) is 4.90 Å². The summed E-state index contributed by atoms with van der Waals surface area (Å²) in [5, 5.41) is 0. The van der Waals surface area contributed by atoms with Gasteiger partial charge in [-0.25, -0.2) is 0 Å². The zero-order valence-electron chi connectivity index (χ0n) is 21.9. The molecule has 1 heterocycles. The molecular formula is C33H45NO. The number of aldehydes is 1. The minimum Gasteiger partial charge on any atom is -0.298 e. The second kappa shape index (κ2) is 11.0. The SMILES string of the molecule is CCCCCCCCC1N(Cc2ccccc2)CCC23CCCCC12CCc1cccc(C=O)c13. The van der Waals surface area contributed by atoms with E-state index in [1.807, 2.05) is 0 Å². The maximum absolute atomic E-state index is 12.3. The number of carbonyl (C=O) groups is 1. The Morgan fingerprint density at radius 1 is 0.886 bits per heavy atom. The van der Waals surface area contributed by atoms with Crippen LogP contribution in [0.4, 0.5) is 0 Å². The van der Waals surface area contributed by atoms with Crippen LogP contribution in [0.25, 0.3) is 0 Å². The summed E-state index contributed by atoms with van der Waals surface area (Å²) in [6, 6.07) is 18.3. The lowest BCUT2D eigenvalue weighted by Gasteiger charge is -2.66. The second-order valence-electron chi connectivity index (χ2n) is 11.7. The molecule has 3 atom stereocenters. The number of benzene rings is 2. The van der Waals surface area contributed by atoms with E-state index in [1.54, 1.807) is 0 Å². The molecule has 0 bridgehead atoms. The molecule has 2 nitrogen and oxygen atoms in total. The van der Waals surface area contributed by atoms with E-state index < -0.39 is 0 Å². The molecule has 2 aromatic rings. The van der Waals surface area contributed by atoms with Crippen molar-refractivity contribution in [1.29, 1.82) is 0 Å². The van der Waals surface area contributed by atoms with Crippen LogP contribution in [0.1, 0.15) is 117 Å². The second-order valence-corrected chi connectivity index (χ2v) is 11.7. The molecule has 3 aliphatic rings. The van der Waals surface area contributed by atoms with Crippen LogP contribution in [-0.4, -0.2) is 23.8 Å². The number of nitrogens with zero attached hydrogens (tertiary/aromatic N) is 1. The lowest BCUT2D eigenvalue weighted by Crippen LogP contribution is -2.66. The number of fused-ring (bicyclic) bond motifs is 1. The highest BCUT2D eigenvalue weighted by atomic mass is 16.1. The third-order valence-corrected chi connectivity index (χ3v) is 10.0. The highest BCUT2D eigenvalue weighted by Gasteiger charge is 2.62. The van der Waals surface area contributed by atoms with Gasteiger partial charge in [0.05, 0.1) is 0 Å². The fourth-order valence-corrected chi connectivity index (χ4v) is 8.54. The summed E-state index contributed by atoms with van der Waals surface area (Å²) in [6.45, 7) is 4.53. The van der Waals surface area contributed by atoms with Gasteiger partial charge in [0.25, 0.3) is 0 Å². The fourth-order valence-electron chi connectivity index (χ4n) is 8.54. The summed E-state index contributed by atoms with van der Waals surface area (Å²) in [5.74, 6) is 0. The quantitative estimate of drug-likeness (QED) is 0.257. The molecule has 2 fully saturated rings. The van der Waals surface area contributed by atoms with Crippen LogP contribution in [0.15, 0.2) is 48.5 Å². The topological polar surface area (TPSA) is 20.3 Å². The van der Waals surface area contributed by atoms with E-state index in [4.69, 9.17) is 0 Å². The Labute approximate surface area is 213 Å². The van der Waals surface area contributed by atoms with E-state index in [-0.39, 0.29) is 5.41 Å². The highest BCUT2D eigenvalue weighted by molar-refractivity contribution is 5.79. The summed E-state index contributed by atoms with van der Waals surface area (Å²) in [4.78, 5) is 15.2. The Kier molecular flexibility index (Phi) is 7.77. The molecule has 5 rings (SSSR count). The Balaban J connectivity index is 1.50. The van der Waals surface area contributed by atoms with Crippen molar-refractivity contribution in [2.45, 2.75) is 115 Å². The molecule has 0 N–H and O–H groups in total. The van der Waals surface area contributed by atoms with Gasteiger partial charge in [-0.1, -0.05) is 107 Å². The van der Waals surface area contributed by atoms with Crippen molar-refractivity contribution in [3.63, 3.8) is 0 Å². The molecule has 1 saturated carbocycles. The van der Waals surface area contributed by atoms with Crippen LogP contribution < -0.4 is 0 Å². The summed E-state index contributed by atoms with van der Waals surface area (Å²) < 4.78 is 0. The smallest absolute Gasteiger partial charge is 0.150 e. The van der Waals surface area contributed by atoms with Crippen molar-refractivity contribution in [3.05, 3.63) is 70.8 Å². The van der Waals surface area contributed by atoms with Crippen LogP contribution in [0, 0.1) is 5.41 Å². The molecule has 1 aliphatic heterocycles. The van der Waals surface area contributed by atoms with E-state index in [2.05, 4.69) is 60.4 Å². The maximum atomic E-state index is 12.3. The standard InChI is InChI=1S/C33H45NO/c1-2-3-4-5-6-10-18-30-32-20-11-12-21-33(32,23-24-34(30)25-27-14-8-7-9-15-27)31-28(19-22-32)16-13-17-29(31)26-35/h7-9,13-17,26,30H,2-6,10-12,18-25H2,1H3. The molecule has 0 aromatic heterocycles. The number of aryl methyl sites for hydroxylation is 1. The molecule has 188 valence electrons. The van der Waals surface area contributed by atoms with E-state index in [1.165, 1.54) is 100 Å². The normalized spacial score (nSPS) is 28.1. The van der Waals surface area contributed by atoms with E-state index >= 15 is 0 Å². The lowest BCUT2D eigenvalue weighted by atomic mass is 9.42. The molecule has 0 radical (unpaired) electrons. The van der Waals surface area contributed by atoms with Gasteiger partial charge in [0.1, 0.15) is 6.29 Å². The molecule has 0 amide bonds. The van der Waals surface area contributed by atoms with Crippen LogP contribution in [-0.2, 0) is 18.4 Å². The van der Waals surface area contributed by atoms with Gasteiger partial charge in [0.2, 0.25) is 0 Å². The van der Waals surface area contributed by atoms with Crippen molar-refractivity contribution >= 4 is 6.29 Å². The fraction of sp³-hybridized carbons (Fsp3) is 0.606. The number of hydrogen-bond donors (Lipinski definition) is 0. The first-order valence-corrected chi connectivity index (χ1v) is 14.6. The van der Waals surface area contributed by atoms with Gasteiger partial charge in [-0.2, -0.15) is 0 Å². The Hall–Kier alpha value is -1.93. The average molecular weight is 472 g/mol. The maximum Gasteiger partial charge on any atom is 0.150 e. The largest absolute Gasteiger partial charge is 0.298 e. The van der Waals surface area contributed by atoms with Gasteiger partial charge in [-0.15, -0.1) is 0 Å². The van der Waals surface area contributed by atoms with Gasteiger partial charge in [0.15, 0.2) is 0 Å². The predicted octanol–water partition coefficient (Wildman–Crippen LogP) is 8.27. The Morgan fingerprint density at radius 2 is 1.69 bits per heavy atom. The lowest BCUT2D eigenvalue weighted by molar-refractivity contribution is -0.104. The number of carbonyl (C=O) groups excluding carboxylic acids is 1. The van der Waals surface area contributed by atoms with Crippen molar-refractivity contribution in [2.75, 3.05) is 6.54 Å². The van der Waals surface area contributed by atoms with E-state index in [0.717, 1.165) is 31.4 Å². The van der Waals surface area contributed by atoms with Crippen molar-refractivity contribution in [2.24, 2.45) is 5.41 Å². The number of hydrogen-bond acceptors (Lipinski definition) is 2. The third-order valence-electron chi connectivity index (χ3n) is 10.0. The van der Waals surface area contributed by atoms with Crippen LogP contribution in [0.3, 0.4) is 0 Å². The molecule has 3 unspecified atom stereocenters. The summed E-state index contributed by atoms with van der Waals surface area (Å²) in [5.41, 5.74) is 5.88. The van der Waals surface area contributed by atoms with Gasteiger partial charge in [-0.05, 0) is 67.2 Å². The average Bonchev–Trinajstić information content (AvgIpc) is 2.91. The zero-order chi connectivity index (χ0) is 24.1. The number of unbranched alkanes of at least 4 members (excludes halogenated alkanes) is 5. The summed E-state index contributed by atoms with van der Waals surface area (Å²) in [7, 11) is 0. The summed E-state index contributed by atoms with van der Waals surface area (Å²) in [6.07, 6.45) is 19.6. The van der Waals surface area contributed by atoms with Crippen LogP contribution in [0.5, 0.6) is 0 Å². The number of likely N-dealkylation sites (tertiary alicyclic amines) is 1. The highest BCUT2D eigenvalue weighted by Crippen LogP contribution is 2.65. The molecule has 2 aromatic carbocycles. The van der Waals surface area contributed by atoms with Gasteiger partial charge in [0, 0.05) is 23.6 Å². The number of piperidine rings is 1. The van der Waals surface area contributed by atoms with E-state index in [0.29, 0.717) is 11.5 Å². The van der Waals surface area contributed by atoms with Crippen LogP contribution in [0.2, 0.25) is 0 Å². The van der Waals surface area contributed by atoms with Gasteiger partial charge < -0.3 is 0 Å². The first-order valence-electron chi connectivity index (χ1n) is 14.6. The Morgan fingerprint density at radius 3 is 2.51 bits per heavy atom. The van der Waals surface area contributed by atoms with Gasteiger partial charge in [-0.3, -0.25) is 9.69 Å². The molecule has 2 aliphatic carbocycles. The van der Waals surface area contributed by atoms with Crippen LogP contribution >= 0.6 is 0 Å². The molecule has 2 heteroatoms. The molecule has 35 heavy (non-hydrogen) atoms. The molecule has 1 saturated heterocycles. The molecule has 0 spiro atoms. The third kappa shape index (κ3) is 4.52. The predicted molar refractivity (Wildman–Crippen MR) is 146 cm³/mol. The van der Waals surface area contributed by atoms with Gasteiger partial charge >= 0.3 is 0 Å². The van der Waals surface area contributed by atoms with Crippen molar-refractivity contribution < 1.29 is 4.79 Å². The monoisotopic (exact) mass is 471 g/mol. The first kappa shape index (κ1) is 24.8. The Bertz CT molecular complexity index is 984. The summed E-state index contributed by atoms with van der Waals surface area (Å²) >= 11 is 0. The van der Waals surface area contributed by atoms with Crippen molar-refractivity contribution in [3.8, 4) is 0 Å². The minimum atomic E-state index is 0.191.